The van der Waals surface area contributed by atoms with E-state index >= 15 is 0 Å². The van der Waals surface area contributed by atoms with Crippen molar-refractivity contribution < 1.29 is 9.59 Å². The molecule has 0 bridgehead atoms. The van der Waals surface area contributed by atoms with E-state index in [0.29, 0.717) is 13.1 Å². The van der Waals surface area contributed by atoms with Crippen molar-refractivity contribution in [1.29, 1.82) is 0 Å². The topological polar surface area (TPSA) is 49.4 Å². The van der Waals surface area contributed by atoms with Gasteiger partial charge in [-0.25, -0.2) is 0 Å². The summed E-state index contributed by atoms with van der Waals surface area (Å²) in [6.07, 6.45) is 3.39. The fourth-order valence-corrected chi connectivity index (χ4v) is 3.23. The van der Waals surface area contributed by atoms with Crippen LogP contribution >= 0.6 is 0 Å². The number of amides is 1. The van der Waals surface area contributed by atoms with E-state index in [1.54, 1.807) is 0 Å². The number of hydrogen-bond donors (Lipinski definition) is 1. The van der Waals surface area contributed by atoms with Gasteiger partial charge in [-0.05, 0) is 50.3 Å². The van der Waals surface area contributed by atoms with Crippen molar-refractivity contribution in [3.63, 3.8) is 0 Å². The summed E-state index contributed by atoms with van der Waals surface area (Å²) in [5.74, 6) is 0.1000. The number of carbonyl (C=O) groups is 2. The van der Waals surface area contributed by atoms with Gasteiger partial charge in [-0.3, -0.25) is 14.5 Å². The molecule has 0 unspecified atom stereocenters. The maximum Gasteiger partial charge on any atom is 0.240 e. The van der Waals surface area contributed by atoms with Crippen molar-refractivity contribution in [3.05, 3.63) is 34.9 Å². The molecule has 3 rings (SSSR count). The quantitative estimate of drug-likeness (QED) is 0.858. The van der Waals surface area contributed by atoms with Crippen LogP contribution in [0, 0.1) is 0 Å². The second-order valence-electron chi connectivity index (χ2n) is 6.50. The van der Waals surface area contributed by atoms with E-state index in [1.165, 1.54) is 17.5 Å². The van der Waals surface area contributed by atoms with Gasteiger partial charge in [0.25, 0.3) is 0 Å². The number of benzene rings is 1. The highest BCUT2D eigenvalue weighted by Gasteiger charge is 2.38. The smallest absolute Gasteiger partial charge is 0.240 e. The first kappa shape index (κ1) is 14.3. The largest absolute Gasteiger partial charge is 0.353 e. The zero-order valence-electron chi connectivity index (χ0n) is 12.7. The Labute approximate surface area is 125 Å². The molecule has 1 N–H and O–H groups in total. The first-order valence-electron chi connectivity index (χ1n) is 7.67. The Morgan fingerprint density at radius 2 is 2.05 bits per heavy atom. The Kier molecular flexibility index (Phi) is 3.57. The van der Waals surface area contributed by atoms with Crippen LogP contribution in [0.2, 0.25) is 0 Å². The first-order chi connectivity index (χ1) is 9.98. The van der Waals surface area contributed by atoms with Gasteiger partial charge >= 0.3 is 0 Å². The van der Waals surface area contributed by atoms with Crippen LogP contribution in [0.3, 0.4) is 0 Å². The number of rotatable bonds is 3. The van der Waals surface area contributed by atoms with Gasteiger partial charge < -0.3 is 5.32 Å². The van der Waals surface area contributed by atoms with E-state index in [4.69, 9.17) is 0 Å². The standard InChI is InChI=1S/C17H22N2O2/c1-17(2)16(21)18-8-9-19(17)11-15(20)14-7-6-12-4-3-5-13(12)10-14/h6-7,10H,3-5,8-9,11H2,1-2H3,(H,18,21). The van der Waals surface area contributed by atoms with Crippen LogP contribution in [0.25, 0.3) is 0 Å². The monoisotopic (exact) mass is 286 g/mol. The molecule has 1 saturated heterocycles. The lowest BCUT2D eigenvalue weighted by molar-refractivity contribution is -0.134. The molecule has 4 nitrogen and oxygen atoms in total. The third kappa shape index (κ3) is 2.60. The molecular weight excluding hydrogens is 264 g/mol. The number of nitrogens with one attached hydrogen (secondary N) is 1. The van der Waals surface area contributed by atoms with Crippen LogP contribution in [0.5, 0.6) is 0 Å². The lowest BCUT2D eigenvalue weighted by Crippen LogP contribution is -2.62. The number of ketones is 1. The highest BCUT2D eigenvalue weighted by molar-refractivity contribution is 5.98. The molecule has 2 aliphatic rings. The zero-order chi connectivity index (χ0) is 15.0. The third-order valence-electron chi connectivity index (χ3n) is 4.77. The molecule has 0 aromatic heterocycles. The van der Waals surface area contributed by atoms with Gasteiger partial charge in [-0.15, -0.1) is 0 Å². The number of hydrogen-bond acceptors (Lipinski definition) is 3. The number of Topliss-reactive ketones (excluding diaryl/α,β-unsaturated/α-hetero) is 1. The Morgan fingerprint density at radius 1 is 1.29 bits per heavy atom. The second kappa shape index (κ2) is 5.26. The molecule has 0 saturated carbocycles. The molecule has 1 aromatic rings. The normalized spacial score (nSPS) is 21.0. The molecule has 1 aliphatic heterocycles. The molecule has 1 aromatic carbocycles. The van der Waals surface area contributed by atoms with Gasteiger partial charge in [0.05, 0.1) is 12.1 Å². The first-order valence-corrected chi connectivity index (χ1v) is 7.67. The maximum absolute atomic E-state index is 12.5. The Morgan fingerprint density at radius 3 is 2.86 bits per heavy atom. The fraction of sp³-hybridized carbons (Fsp3) is 0.529. The number of piperazine rings is 1. The van der Waals surface area contributed by atoms with Crippen LogP contribution in [0.1, 0.15) is 41.8 Å². The Balaban J connectivity index is 1.75. The second-order valence-corrected chi connectivity index (χ2v) is 6.50. The lowest BCUT2D eigenvalue weighted by Gasteiger charge is -2.40. The summed E-state index contributed by atoms with van der Waals surface area (Å²) in [6.45, 7) is 5.38. The molecule has 1 heterocycles. The SMILES string of the molecule is CC1(C)C(=O)NCCN1CC(=O)c1ccc2c(c1)CCC2. The van der Waals surface area contributed by atoms with Crippen molar-refractivity contribution in [2.45, 2.75) is 38.6 Å². The van der Waals surface area contributed by atoms with Crippen molar-refractivity contribution in [3.8, 4) is 0 Å². The molecule has 21 heavy (non-hydrogen) atoms. The lowest BCUT2D eigenvalue weighted by atomic mass is 9.97. The highest BCUT2D eigenvalue weighted by Crippen LogP contribution is 2.24. The summed E-state index contributed by atoms with van der Waals surface area (Å²) < 4.78 is 0. The van der Waals surface area contributed by atoms with Gasteiger partial charge in [-0.2, -0.15) is 0 Å². The van der Waals surface area contributed by atoms with E-state index in [2.05, 4.69) is 11.4 Å². The molecule has 0 spiro atoms. The number of carbonyl (C=O) groups excluding carboxylic acids is 2. The molecule has 112 valence electrons. The molecule has 0 radical (unpaired) electrons. The zero-order valence-corrected chi connectivity index (χ0v) is 12.7. The van der Waals surface area contributed by atoms with Crippen molar-refractivity contribution in [1.82, 2.24) is 10.2 Å². The maximum atomic E-state index is 12.5. The van der Waals surface area contributed by atoms with Crippen LogP contribution in [-0.4, -0.2) is 41.8 Å². The van der Waals surface area contributed by atoms with Crippen LogP contribution in [0.4, 0.5) is 0 Å². The molecular formula is C17H22N2O2. The highest BCUT2D eigenvalue weighted by atomic mass is 16.2. The van der Waals surface area contributed by atoms with Crippen molar-refractivity contribution in [2.75, 3.05) is 19.6 Å². The van der Waals surface area contributed by atoms with Crippen molar-refractivity contribution in [2.24, 2.45) is 0 Å². The molecule has 0 atom stereocenters. The summed E-state index contributed by atoms with van der Waals surface area (Å²) in [6, 6.07) is 6.06. The minimum Gasteiger partial charge on any atom is -0.353 e. The number of aryl methyl sites for hydroxylation is 2. The van der Waals surface area contributed by atoms with Crippen LogP contribution < -0.4 is 5.32 Å². The molecule has 1 fully saturated rings. The minimum atomic E-state index is -0.620. The Bertz CT molecular complexity index is 592. The van der Waals surface area contributed by atoms with Gasteiger partial charge in [0.15, 0.2) is 5.78 Å². The predicted octanol–water partition coefficient (Wildman–Crippen LogP) is 1.57. The summed E-state index contributed by atoms with van der Waals surface area (Å²) in [5.41, 5.74) is 2.85. The van der Waals surface area contributed by atoms with Crippen molar-refractivity contribution >= 4 is 11.7 Å². The van der Waals surface area contributed by atoms with E-state index in [-0.39, 0.29) is 11.7 Å². The van der Waals surface area contributed by atoms with Crippen LogP contribution in [0.15, 0.2) is 18.2 Å². The average molecular weight is 286 g/mol. The molecule has 1 amide bonds. The summed E-state index contributed by atoms with van der Waals surface area (Å²) in [5, 5.41) is 2.86. The van der Waals surface area contributed by atoms with Gasteiger partial charge in [0, 0.05) is 18.7 Å². The molecule has 4 heteroatoms. The number of fused-ring (bicyclic) bond motifs is 1. The summed E-state index contributed by atoms with van der Waals surface area (Å²) in [4.78, 5) is 26.4. The summed E-state index contributed by atoms with van der Waals surface area (Å²) >= 11 is 0. The predicted molar refractivity (Wildman–Crippen MR) is 81.5 cm³/mol. The fourth-order valence-electron chi connectivity index (χ4n) is 3.23. The third-order valence-corrected chi connectivity index (χ3v) is 4.77. The summed E-state index contributed by atoms with van der Waals surface area (Å²) in [7, 11) is 0. The number of nitrogens with zero attached hydrogens (tertiary/aromatic N) is 1. The van der Waals surface area contributed by atoms with E-state index in [1.807, 2.05) is 30.9 Å². The van der Waals surface area contributed by atoms with Gasteiger partial charge in [-0.1, -0.05) is 12.1 Å². The van der Waals surface area contributed by atoms with Gasteiger partial charge in [0.1, 0.15) is 0 Å². The van der Waals surface area contributed by atoms with Gasteiger partial charge in [0.2, 0.25) is 5.91 Å². The van der Waals surface area contributed by atoms with E-state index < -0.39 is 5.54 Å². The average Bonchev–Trinajstić information content (AvgIpc) is 2.91. The van der Waals surface area contributed by atoms with Crippen LogP contribution in [-0.2, 0) is 17.6 Å². The molecule has 1 aliphatic carbocycles. The van der Waals surface area contributed by atoms with E-state index in [0.717, 1.165) is 24.9 Å². The minimum absolute atomic E-state index is 0.00416. The Hall–Kier alpha value is -1.68. The van der Waals surface area contributed by atoms with E-state index in [9.17, 15) is 9.59 Å².